The molecule has 0 aromatic carbocycles. The zero-order valence-electron chi connectivity index (χ0n) is 18.5. The topological polar surface area (TPSA) is 48.0 Å². The Morgan fingerprint density at radius 2 is 1.50 bits per heavy atom. The van der Waals surface area contributed by atoms with E-state index < -0.39 is 16.9 Å². The molecule has 5 nitrogen and oxygen atoms in total. The highest BCUT2D eigenvalue weighted by atomic mass is 28.4. The summed E-state index contributed by atoms with van der Waals surface area (Å²) in [5, 5.41) is 0. The van der Waals surface area contributed by atoms with E-state index in [0.717, 1.165) is 43.7 Å². The Hall–Kier alpha value is -0.216. The molecule has 0 heterocycles. The van der Waals surface area contributed by atoms with E-state index in [-0.39, 0.29) is 11.9 Å². The molecule has 0 radical (unpaired) electrons. The molecule has 0 aromatic heterocycles. The van der Waals surface area contributed by atoms with Crippen LogP contribution in [-0.2, 0) is 18.1 Å². The fourth-order valence-corrected chi connectivity index (χ4v) is 8.34. The van der Waals surface area contributed by atoms with Gasteiger partial charge in [0, 0.05) is 19.8 Å². The third-order valence-electron chi connectivity index (χ3n) is 5.31. The second kappa shape index (κ2) is 13.0. The van der Waals surface area contributed by atoms with Gasteiger partial charge in [-0.3, -0.25) is 4.79 Å². The first kappa shape index (κ1) is 25.8. The van der Waals surface area contributed by atoms with Crippen molar-refractivity contribution in [1.29, 1.82) is 0 Å². The van der Waals surface area contributed by atoms with Gasteiger partial charge in [-0.25, -0.2) is 0 Å². The third-order valence-corrected chi connectivity index (χ3v) is 12.9. The Bertz CT molecular complexity index is 377. The number of carbonyl (C=O) groups is 1. The van der Waals surface area contributed by atoms with Crippen LogP contribution in [0.25, 0.3) is 0 Å². The van der Waals surface area contributed by atoms with E-state index in [1.807, 2.05) is 20.8 Å². The molecule has 7 heteroatoms. The average molecular weight is 406 g/mol. The van der Waals surface area contributed by atoms with Gasteiger partial charge < -0.3 is 18.2 Å². The summed E-state index contributed by atoms with van der Waals surface area (Å²) in [5.74, 6) is -0.101. The Morgan fingerprint density at radius 3 is 1.92 bits per heavy atom. The molecule has 26 heavy (non-hydrogen) atoms. The van der Waals surface area contributed by atoms with Gasteiger partial charge in [-0.1, -0.05) is 27.7 Å². The van der Waals surface area contributed by atoms with E-state index in [9.17, 15) is 4.79 Å². The van der Waals surface area contributed by atoms with Crippen LogP contribution in [-0.4, -0.2) is 61.1 Å². The highest BCUT2D eigenvalue weighted by Crippen LogP contribution is 2.23. The molecule has 156 valence electrons. The first-order valence-electron chi connectivity index (χ1n) is 10.4. The average Bonchev–Trinajstić information content (AvgIpc) is 2.60. The molecule has 0 aromatic rings. The fourth-order valence-electron chi connectivity index (χ4n) is 3.38. The Kier molecular flexibility index (Phi) is 12.9. The zero-order chi connectivity index (χ0) is 20.2. The Morgan fingerprint density at radius 1 is 1.00 bits per heavy atom. The third kappa shape index (κ3) is 9.12. The summed E-state index contributed by atoms with van der Waals surface area (Å²) in [5.41, 5.74) is 0. The van der Waals surface area contributed by atoms with E-state index >= 15 is 0 Å². The van der Waals surface area contributed by atoms with E-state index in [1.165, 1.54) is 0 Å². The molecule has 0 aliphatic heterocycles. The summed E-state index contributed by atoms with van der Waals surface area (Å²) in [6.07, 6.45) is 1.03. The monoisotopic (exact) mass is 405 g/mol. The Balaban J connectivity index is 4.41. The van der Waals surface area contributed by atoms with E-state index in [4.69, 9.17) is 13.3 Å². The van der Waals surface area contributed by atoms with Gasteiger partial charge in [0.1, 0.15) is 0 Å². The van der Waals surface area contributed by atoms with Crippen molar-refractivity contribution in [3.8, 4) is 0 Å². The molecule has 1 atom stereocenters. The van der Waals surface area contributed by atoms with Gasteiger partial charge in [0.2, 0.25) is 0 Å². The van der Waals surface area contributed by atoms with Gasteiger partial charge in [-0.05, 0) is 64.6 Å². The highest BCUT2D eigenvalue weighted by Gasteiger charge is 2.34. The van der Waals surface area contributed by atoms with Gasteiger partial charge in [0.05, 0.1) is 5.92 Å². The van der Waals surface area contributed by atoms with Crippen molar-refractivity contribution in [1.82, 2.24) is 4.90 Å². The predicted octanol–water partition coefficient (Wildman–Crippen LogP) is 4.64. The molecule has 0 saturated heterocycles. The van der Waals surface area contributed by atoms with Crippen LogP contribution in [0.2, 0.25) is 30.7 Å². The van der Waals surface area contributed by atoms with Crippen LogP contribution >= 0.6 is 0 Å². The second-order valence-corrected chi connectivity index (χ2v) is 15.5. The molecular weight excluding hydrogens is 362 g/mol. The second-order valence-electron chi connectivity index (χ2n) is 7.43. The van der Waals surface area contributed by atoms with Gasteiger partial charge in [0.15, 0.2) is 0 Å². The first-order valence-corrected chi connectivity index (χ1v) is 15.5. The lowest BCUT2D eigenvalue weighted by molar-refractivity contribution is -0.139. The molecule has 0 N–H and O–H groups in total. The lowest BCUT2D eigenvalue weighted by Crippen LogP contribution is -2.42. The summed E-state index contributed by atoms with van der Waals surface area (Å²) in [4.78, 5) is 14.8. The normalized spacial score (nSPS) is 13.9. The van der Waals surface area contributed by atoms with Gasteiger partial charge in [-0.15, -0.1) is 0 Å². The van der Waals surface area contributed by atoms with Crippen molar-refractivity contribution >= 4 is 22.8 Å². The number of hydrogen-bond donors (Lipinski definition) is 0. The molecule has 0 bridgehead atoms. The maximum atomic E-state index is 12.5. The van der Waals surface area contributed by atoms with Crippen molar-refractivity contribution in [3.63, 3.8) is 0 Å². The summed E-state index contributed by atoms with van der Waals surface area (Å²) in [6, 6.07) is 4.00. The number of carbonyl (C=O) groups excluding carboxylic acids is 1. The maximum Gasteiger partial charge on any atom is 0.334 e. The number of nitrogens with zero attached hydrogens (tertiary/aromatic N) is 1. The largest absolute Gasteiger partial charge is 0.519 e. The van der Waals surface area contributed by atoms with Crippen molar-refractivity contribution in [2.45, 2.75) is 78.7 Å². The minimum absolute atomic E-state index is 0.0167. The van der Waals surface area contributed by atoms with Gasteiger partial charge >= 0.3 is 8.56 Å². The van der Waals surface area contributed by atoms with Gasteiger partial charge in [-0.2, -0.15) is 0 Å². The first-order chi connectivity index (χ1) is 12.2. The molecule has 0 saturated carbocycles. The molecule has 0 fully saturated rings. The zero-order valence-corrected chi connectivity index (χ0v) is 20.5. The summed E-state index contributed by atoms with van der Waals surface area (Å²) in [6.45, 7) is 17.7. The van der Waals surface area contributed by atoms with Gasteiger partial charge in [0.25, 0.3) is 14.3 Å². The van der Waals surface area contributed by atoms with E-state index in [2.05, 4.69) is 39.3 Å². The van der Waals surface area contributed by atoms with Crippen LogP contribution < -0.4 is 0 Å². The van der Waals surface area contributed by atoms with Crippen LogP contribution in [0.5, 0.6) is 0 Å². The van der Waals surface area contributed by atoms with Crippen LogP contribution in [0.15, 0.2) is 0 Å². The highest BCUT2D eigenvalue weighted by molar-refractivity contribution is 6.74. The van der Waals surface area contributed by atoms with Crippen LogP contribution in [0, 0.1) is 5.92 Å². The van der Waals surface area contributed by atoms with Crippen molar-refractivity contribution in [2.75, 3.05) is 33.4 Å². The minimum Gasteiger partial charge on any atom is -0.519 e. The molecule has 0 aliphatic carbocycles. The molecule has 0 aliphatic rings. The van der Waals surface area contributed by atoms with Crippen LogP contribution in [0.4, 0.5) is 0 Å². The van der Waals surface area contributed by atoms with Crippen LogP contribution in [0.3, 0.4) is 0 Å². The lowest BCUT2D eigenvalue weighted by Gasteiger charge is -2.30. The SMILES string of the molecule is CCO[Si](C)(CCCN(C)CC(C)C(=O)O[Si](CC)(CC)CC)OCC. The minimum atomic E-state index is -2.04. The molecule has 1 unspecified atom stereocenters. The number of rotatable bonds is 15. The summed E-state index contributed by atoms with van der Waals surface area (Å²) >= 11 is 0. The van der Waals surface area contributed by atoms with Crippen molar-refractivity contribution in [3.05, 3.63) is 0 Å². The van der Waals surface area contributed by atoms with Crippen molar-refractivity contribution < 1.29 is 18.1 Å². The molecular formula is C19H43NO4Si2. The standard InChI is InChI=1S/C19H43NO4Si2/c1-9-22-25(8,23-10-2)16-14-15-20(7)17-18(6)19(21)24-26(11-3,12-4)13-5/h18H,9-17H2,1-8H3. The predicted molar refractivity (Wildman–Crippen MR) is 114 cm³/mol. The smallest absolute Gasteiger partial charge is 0.334 e. The number of hydrogen-bond acceptors (Lipinski definition) is 5. The maximum absolute atomic E-state index is 12.5. The lowest BCUT2D eigenvalue weighted by atomic mass is 10.2. The molecule has 0 rings (SSSR count). The summed E-state index contributed by atoms with van der Waals surface area (Å²) in [7, 11) is -1.82. The van der Waals surface area contributed by atoms with E-state index in [0.29, 0.717) is 13.2 Å². The molecule has 0 spiro atoms. The fraction of sp³-hybridized carbons (Fsp3) is 0.947. The van der Waals surface area contributed by atoms with Crippen molar-refractivity contribution in [2.24, 2.45) is 5.92 Å². The summed E-state index contributed by atoms with van der Waals surface area (Å²) < 4.78 is 17.8. The Labute approximate surface area is 164 Å². The van der Waals surface area contributed by atoms with E-state index in [1.54, 1.807) is 0 Å². The van der Waals surface area contributed by atoms with Crippen LogP contribution in [0.1, 0.15) is 48.0 Å². The quantitative estimate of drug-likeness (QED) is 0.372. The molecule has 0 amide bonds.